The normalized spacial score (nSPS) is 11.0. The van der Waals surface area contributed by atoms with E-state index in [4.69, 9.17) is 18.5 Å². The molecule has 0 aromatic heterocycles. The molecule has 0 aliphatic rings. The zero-order valence-electron chi connectivity index (χ0n) is 16.4. The van der Waals surface area contributed by atoms with Crippen LogP contribution in [0, 0.1) is 0 Å². The predicted molar refractivity (Wildman–Crippen MR) is 113 cm³/mol. The van der Waals surface area contributed by atoms with E-state index in [2.05, 4.69) is 5.09 Å². The van der Waals surface area contributed by atoms with Crippen LogP contribution in [0.15, 0.2) is 78.9 Å². The number of hydrogen-bond donors (Lipinski definition) is 1. The van der Waals surface area contributed by atoms with E-state index in [1.165, 1.54) is 0 Å². The minimum Gasteiger partial charge on any atom is -0.493 e. The number of ether oxygens (including phenoxy) is 2. The Bertz CT molecular complexity index is 904. The summed E-state index contributed by atoms with van der Waals surface area (Å²) in [5.74, 6) is 2.24. The van der Waals surface area contributed by atoms with E-state index in [0.29, 0.717) is 36.0 Å². The zero-order valence-corrected chi connectivity index (χ0v) is 17.3. The van der Waals surface area contributed by atoms with Crippen LogP contribution in [0.5, 0.6) is 23.0 Å². The number of benzene rings is 3. The fourth-order valence-corrected chi connectivity index (χ4v) is 4.05. The monoisotopic (exact) mass is 413 g/mol. The quantitative estimate of drug-likeness (QED) is 0.467. The van der Waals surface area contributed by atoms with Crippen LogP contribution >= 0.6 is 7.75 Å². The summed E-state index contributed by atoms with van der Waals surface area (Å²) in [7, 11) is -0.453. The van der Waals surface area contributed by atoms with Crippen molar-refractivity contribution in [2.75, 3.05) is 20.8 Å². The predicted octanol–water partition coefficient (Wildman–Crippen LogP) is 5.10. The molecule has 0 radical (unpaired) electrons. The largest absolute Gasteiger partial charge is 0.512 e. The third-order valence-electron chi connectivity index (χ3n) is 4.10. The molecule has 0 saturated carbocycles. The first-order chi connectivity index (χ1) is 14.1. The van der Waals surface area contributed by atoms with Gasteiger partial charge in [0.25, 0.3) is 0 Å². The van der Waals surface area contributed by atoms with Gasteiger partial charge in [-0.15, -0.1) is 0 Å². The van der Waals surface area contributed by atoms with Crippen molar-refractivity contribution in [1.82, 2.24) is 5.09 Å². The number of para-hydroxylation sites is 2. The lowest BCUT2D eigenvalue weighted by molar-refractivity contribution is 0.354. The summed E-state index contributed by atoms with van der Waals surface area (Å²) < 4.78 is 35.4. The van der Waals surface area contributed by atoms with E-state index in [1.54, 1.807) is 38.5 Å². The van der Waals surface area contributed by atoms with E-state index in [-0.39, 0.29) is 0 Å². The molecule has 0 spiro atoms. The van der Waals surface area contributed by atoms with Crippen LogP contribution in [0.3, 0.4) is 0 Å². The third-order valence-corrected chi connectivity index (χ3v) is 5.62. The molecule has 29 heavy (non-hydrogen) atoms. The molecule has 7 heteroatoms. The van der Waals surface area contributed by atoms with Crippen molar-refractivity contribution in [3.05, 3.63) is 84.4 Å². The molecule has 0 saturated heterocycles. The molecule has 0 heterocycles. The second kappa shape index (κ2) is 10.0. The van der Waals surface area contributed by atoms with Gasteiger partial charge in [-0.25, -0.2) is 9.65 Å². The first-order valence-electron chi connectivity index (χ1n) is 9.17. The number of hydrogen-bond acceptors (Lipinski definition) is 5. The summed E-state index contributed by atoms with van der Waals surface area (Å²) in [6.45, 7) is 0.381. The maximum atomic E-state index is 13.4. The van der Waals surface area contributed by atoms with Crippen LogP contribution in [0.1, 0.15) is 5.56 Å². The topological polar surface area (TPSA) is 66.0 Å². The summed E-state index contributed by atoms with van der Waals surface area (Å²) >= 11 is 0. The van der Waals surface area contributed by atoms with Gasteiger partial charge in [-0.1, -0.05) is 42.5 Å². The minimum absolute atomic E-state index is 0.381. The van der Waals surface area contributed by atoms with Gasteiger partial charge < -0.3 is 18.5 Å². The fraction of sp³-hybridized carbons (Fsp3) is 0.182. The molecule has 0 aliphatic heterocycles. The molecule has 0 atom stereocenters. The molecule has 0 amide bonds. The highest BCUT2D eigenvalue weighted by Crippen LogP contribution is 2.44. The van der Waals surface area contributed by atoms with Gasteiger partial charge in [-0.2, -0.15) is 0 Å². The van der Waals surface area contributed by atoms with Crippen molar-refractivity contribution >= 4 is 7.75 Å². The molecule has 3 aromatic rings. The van der Waals surface area contributed by atoms with Crippen LogP contribution in [0.4, 0.5) is 0 Å². The lowest BCUT2D eigenvalue weighted by Gasteiger charge is -2.20. The Morgan fingerprint density at radius 2 is 1.31 bits per heavy atom. The Balaban J connectivity index is 1.70. The van der Waals surface area contributed by atoms with Gasteiger partial charge in [0.1, 0.15) is 11.5 Å². The highest BCUT2D eigenvalue weighted by molar-refractivity contribution is 7.52. The van der Waals surface area contributed by atoms with Gasteiger partial charge in [0.05, 0.1) is 14.2 Å². The van der Waals surface area contributed by atoms with Gasteiger partial charge in [0, 0.05) is 6.54 Å². The van der Waals surface area contributed by atoms with Crippen molar-refractivity contribution in [3.8, 4) is 23.0 Å². The smallest absolute Gasteiger partial charge is 0.493 e. The lowest BCUT2D eigenvalue weighted by atomic mass is 10.1. The van der Waals surface area contributed by atoms with Crippen LogP contribution in [-0.2, 0) is 11.0 Å². The Kier molecular flexibility index (Phi) is 7.17. The van der Waals surface area contributed by atoms with Gasteiger partial charge in [0.15, 0.2) is 11.5 Å². The van der Waals surface area contributed by atoms with Crippen molar-refractivity contribution in [2.45, 2.75) is 6.42 Å². The average Bonchev–Trinajstić information content (AvgIpc) is 2.75. The molecular weight excluding hydrogens is 389 g/mol. The van der Waals surface area contributed by atoms with Crippen LogP contribution in [-0.4, -0.2) is 20.8 Å². The molecule has 152 valence electrons. The molecule has 1 N–H and O–H groups in total. The van der Waals surface area contributed by atoms with Crippen molar-refractivity contribution in [1.29, 1.82) is 0 Å². The van der Waals surface area contributed by atoms with Gasteiger partial charge in [-0.05, 0) is 48.4 Å². The van der Waals surface area contributed by atoms with Crippen LogP contribution in [0.2, 0.25) is 0 Å². The van der Waals surface area contributed by atoms with Gasteiger partial charge in [0.2, 0.25) is 0 Å². The SMILES string of the molecule is COc1ccc(CCNP(=O)(Oc2ccccc2)Oc2ccccc2)cc1OC. The Morgan fingerprint density at radius 1 is 0.759 bits per heavy atom. The van der Waals surface area contributed by atoms with E-state index in [0.717, 1.165) is 5.56 Å². The van der Waals surface area contributed by atoms with E-state index in [1.807, 2.05) is 54.6 Å². The van der Waals surface area contributed by atoms with Crippen LogP contribution in [0.25, 0.3) is 0 Å². The fourth-order valence-electron chi connectivity index (χ4n) is 2.70. The van der Waals surface area contributed by atoms with Crippen molar-refractivity contribution < 1.29 is 23.1 Å². The zero-order chi connectivity index (χ0) is 20.5. The Hall–Kier alpha value is -2.95. The minimum atomic E-state index is -3.64. The maximum Gasteiger partial charge on any atom is 0.512 e. The van der Waals surface area contributed by atoms with Gasteiger partial charge in [-0.3, -0.25) is 0 Å². The lowest BCUT2D eigenvalue weighted by Crippen LogP contribution is -2.21. The molecule has 3 rings (SSSR count). The Labute approximate surface area is 171 Å². The third kappa shape index (κ3) is 6.01. The molecule has 0 bridgehead atoms. The first kappa shape index (κ1) is 20.8. The highest BCUT2D eigenvalue weighted by atomic mass is 31.2. The van der Waals surface area contributed by atoms with Crippen molar-refractivity contribution in [2.24, 2.45) is 0 Å². The molecule has 6 nitrogen and oxygen atoms in total. The number of methoxy groups -OCH3 is 2. The second-order valence-corrected chi connectivity index (χ2v) is 7.83. The average molecular weight is 413 g/mol. The molecular formula is C22H24NO5P. The molecule has 0 unspecified atom stereocenters. The molecule has 0 fully saturated rings. The standard InChI is InChI=1S/C22H24NO5P/c1-25-21-14-13-18(17-22(21)26-2)15-16-23-29(24,27-19-9-5-3-6-10-19)28-20-11-7-4-8-12-20/h3-14,17H,15-16H2,1-2H3,(H,23,24). The summed E-state index contributed by atoms with van der Waals surface area (Å²) in [6, 6.07) is 23.6. The van der Waals surface area contributed by atoms with E-state index in [9.17, 15) is 4.57 Å². The number of nitrogens with one attached hydrogen (secondary N) is 1. The van der Waals surface area contributed by atoms with E-state index < -0.39 is 7.75 Å². The van der Waals surface area contributed by atoms with E-state index >= 15 is 0 Å². The Morgan fingerprint density at radius 3 is 1.83 bits per heavy atom. The number of rotatable bonds is 10. The second-order valence-electron chi connectivity index (χ2n) is 6.15. The maximum absolute atomic E-state index is 13.4. The summed E-state index contributed by atoms with van der Waals surface area (Å²) in [5, 5.41) is 2.95. The summed E-state index contributed by atoms with van der Waals surface area (Å²) in [6.07, 6.45) is 0.598. The molecule has 3 aromatic carbocycles. The summed E-state index contributed by atoms with van der Waals surface area (Å²) in [5.41, 5.74) is 1.00. The summed E-state index contributed by atoms with van der Waals surface area (Å²) in [4.78, 5) is 0. The molecule has 0 aliphatic carbocycles. The van der Waals surface area contributed by atoms with Gasteiger partial charge >= 0.3 is 7.75 Å². The first-order valence-corrected chi connectivity index (χ1v) is 10.7. The highest BCUT2D eigenvalue weighted by Gasteiger charge is 2.28. The van der Waals surface area contributed by atoms with Crippen molar-refractivity contribution in [3.63, 3.8) is 0 Å². The van der Waals surface area contributed by atoms with Crippen LogP contribution < -0.4 is 23.6 Å².